The monoisotopic (exact) mass is 357 g/mol. The molecule has 1 fully saturated rings. The van der Waals surface area contributed by atoms with E-state index in [4.69, 9.17) is 10.2 Å². The van der Waals surface area contributed by atoms with E-state index in [-0.39, 0.29) is 0 Å². The van der Waals surface area contributed by atoms with Gasteiger partial charge in [0.1, 0.15) is 23.9 Å². The zero-order valence-corrected chi connectivity index (χ0v) is 12.6. The Morgan fingerprint density at radius 2 is 2.28 bits per heavy atom. The maximum Gasteiger partial charge on any atom is 0.136 e. The van der Waals surface area contributed by atoms with Gasteiger partial charge in [-0.2, -0.15) is 5.10 Å². The molecule has 0 bridgehead atoms. The molecule has 0 aromatic carbocycles. The van der Waals surface area contributed by atoms with Crippen LogP contribution in [0.5, 0.6) is 0 Å². The number of furan rings is 1. The minimum Gasteiger partial charge on any atom is -0.464 e. The van der Waals surface area contributed by atoms with Crippen LogP contribution in [-0.2, 0) is 6.54 Å². The van der Waals surface area contributed by atoms with E-state index in [0.717, 1.165) is 26.7 Å². The summed E-state index contributed by atoms with van der Waals surface area (Å²) in [4.78, 5) is 0. The lowest BCUT2D eigenvalue weighted by molar-refractivity contribution is 0.443. The van der Waals surface area contributed by atoms with Crippen molar-refractivity contribution in [1.29, 1.82) is 0 Å². The minimum atomic E-state index is 0.608. The molecule has 0 spiro atoms. The minimum absolute atomic E-state index is 0.608. The molecule has 2 atom stereocenters. The molecule has 1 aliphatic rings. The molecule has 0 saturated heterocycles. The van der Waals surface area contributed by atoms with Gasteiger partial charge in [0, 0.05) is 5.92 Å². The van der Waals surface area contributed by atoms with Crippen molar-refractivity contribution >= 4 is 28.4 Å². The van der Waals surface area contributed by atoms with Crippen molar-refractivity contribution in [1.82, 2.24) is 9.78 Å². The molecule has 0 radical (unpaired) electrons. The second kappa shape index (κ2) is 4.29. The average molecular weight is 357 g/mol. The summed E-state index contributed by atoms with van der Waals surface area (Å²) in [5.41, 5.74) is 6.97. The molecular formula is C13H16IN3O. The van der Waals surface area contributed by atoms with Gasteiger partial charge in [-0.1, -0.05) is 6.92 Å². The van der Waals surface area contributed by atoms with Crippen LogP contribution in [-0.4, -0.2) is 9.78 Å². The summed E-state index contributed by atoms with van der Waals surface area (Å²) < 4.78 is 8.69. The average Bonchev–Trinajstić information content (AvgIpc) is 2.81. The molecule has 0 amide bonds. The first-order chi connectivity index (χ1) is 8.56. The molecule has 18 heavy (non-hydrogen) atoms. The van der Waals surface area contributed by atoms with Gasteiger partial charge in [-0.05, 0) is 54.0 Å². The van der Waals surface area contributed by atoms with Crippen molar-refractivity contribution in [2.75, 3.05) is 5.73 Å². The third-order valence-corrected chi connectivity index (χ3v) is 4.89. The van der Waals surface area contributed by atoms with E-state index in [9.17, 15) is 0 Å². The van der Waals surface area contributed by atoms with Gasteiger partial charge in [-0.3, -0.25) is 0 Å². The summed E-state index contributed by atoms with van der Waals surface area (Å²) in [5.74, 6) is 4.13. The molecule has 4 nitrogen and oxygen atoms in total. The molecular weight excluding hydrogens is 341 g/mol. The number of aryl methyl sites for hydroxylation is 1. The van der Waals surface area contributed by atoms with Crippen LogP contribution in [0, 0.1) is 16.4 Å². The highest BCUT2D eigenvalue weighted by Gasteiger charge is 2.36. The summed E-state index contributed by atoms with van der Waals surface area (Å²) in [7, 11) is 0. The van der Waals surface area contributed by atoms with Gasteiger partial charge in [-0.15, -0.1) is 0 Å². The Morgan fingerprint density at radius 1 is 1.56 bits per heavy atom. The first-order valence-electron chi connectivity index (χ1n) is 6.13. The number of rotatable bonds is 3. The van der Waals surface area contributed by atoms with Crippen LogP contribution in [0.4, 0.5) is 5.82 Å². The summed E-state index contributed by atoms with van der Waals surface area (Å²) >= 11 is 2.22. The molecule has 5 heteroatoms. The molecule has 2 unspecified atom stereocenters. The zero-order valence-electron chi connectivity index (χ0n) is 10.5. The molecule has 0 aliphatic heterocycles. The third kappa shape index (κ3) is 2.04. The van der Waals surface area contributed by atoms with Gasteiger partial charge in [0.15, 0.2) is 0 Å². The summed E-state index contributed by atoms with van der Waals surface area (Å²) in [6.07, 6.45) is 1.24. The first kappa shape index (κ1) is 12.1. The topological polar surface area (TPSA) is 57.0 Å². The number of anilines is 1. The van der Waals surface area contributed by atoms with Gasteiger partial charge in [0.2, 0.25) is 0 Å². The van der Waals surface area contributed by atoms with Crippen molar-refractivity contribution in [2.45, 2.75) is 32.7 Å². The first-order valence-corrected chi connectivity index (χ1v) is 7.21. The maximum absolute atomic E-state index is 6.00. The Hall–Kier alpha value is -0.980. The van der Waals surface area contributed by atoms with Crippen molar-refractivity contribution in [3.8, 4) is 0 Å². The van der Waals surface area contributed by atoms with Gasteiger partial charge in [0.05, 0.1) is 9.26 Å². The normalized spacial score (nSPS) is 22.4. The highest BCUT2D eigenvalue weighted by molar-refractivity contribution is 14.1. The number of hydrogen-bond acceptors (Lipinski definition) is 3. The Kier molecular flexibility index (Phi) is 2.88. The van der Waals surface area contributed by atoms with E-state index in [1.165, 1.54) is 6.42 Å². The number of nitrogens with two attached hydrogens (primary N) is 1. The Labute approximate surface area is 120 Å². The van der Waals surface area contributed by atoms with E-state index in [0.29, 0.717) is 18.3 Å². The standard InChI is InChI=1S/C13H16IN3O/c1-7-5-10(7)11-4-3-9(18-11)6-17-13(15)12(14)8(2)16-17/h3-4,7,10H,5-6,15H2,1-2H3. The second-order valence-electron chi connectivity index (χ2n) is 5.07. The molecule has 1 aliphatic carbocycles. The summed E-state index contributed by atoms with van der Waals surface area (Å²) in [6.45, 7) is 4.83. The zero-order chi connectivity index (χ0) is 12.9. The Balaban J connectivity index is 1.79. The summed E-state index contributed by atoms with van der Waals surface area (Å²) in [6, 6.07) is 4.12. The van der Waals surface area contributed by atoms with Crippen LogP contribution in [0.1, 0.15) is 36.5 Å². The fourth-order valence-electron chi connectivity index (χ4n) is 2.24. The fourth-order valence-corrected chi connectivity index (χ4v) is 2.63. The van der Waals surface area contributed by atoms with Crippen molar-refractivity contribution < 1.29 is 4.42 Å². The van der Waals surface area contributed by atoms with E-state index in [1.54, 1.807) is 4.68 Å². The number of nitrogen functional groups attached to an aromatic ring is 1. The number of halogens is 1. The number of hydrogen-bond donors (Lipinski definition) is 1. The smallest absolute Gasteiger partial charge is 0.136 e. The fraction of sp³-hybridized carbons (Fsp3) is 0.462. The van der Waals surface area contributed by atoms with Gasteiger partial charge >= 0.3 is 0 Å². The Morgan fingerprint density at radius 3 is 2.83 bits per heavy atom. The van der Waals surface area contributed by atoms with E-state index >= 15 is 0 Å². The van der Waals surface area contributed by atoms with Crippen molar-refractivity contribution in [3.63, 3.8) is 0 Å². The van der Waals surface area contributed by atoms with Crippen LogP contribution in [0.3, 0.4) is 0 Å². The van der Waals surface area contributed by atoms with E-state index < -0.39 is 0 Å². The van der Waals surface area contributed by atoms with Crippen LogP contribution >= 0.6 is 22.6 Å². The molecule has 3 rings (SSSR count). The molecule has 2 aromatic rings. The lowest BCUT2D eigenvalue weighted by atomic mass is 10.3. The maximum atomic E-state index is 6.00. The van der Waals surface area contributed by atoms with Crippen LogP contribution in [0.25, 0.3) is 0 Å². The second-order valence-corrected chi connectivity index (χ2v) is 6.14. The SMILES string of the molecule is Cc1nn(Cc2ccc(C3CC3C)o2)c(N)c1I. The molecule has 2 heterocycles. The highest BCUT2D eigenvalue weighted by atomic mass is 127. The highest BCUT2D eigenvalue weighted by Crippen LogP contribution is 2.47. The quantitative estimate of drug-likeness (QED) is 0.859. The molecule has 2 aromatic heterocycles. The number of aromatic nitrogens is 2. The van der Waals surface area contributed by atoms with E-state index in [2.05, 4.69) is 40.7 Å². The van der Waals surface area contributed by atoms with Crippen LogP contribution in [0.2, 0.25) is 0 Å². The molecule has 1 saturated carbocycles. The lowest BCUT2D eigenvalue weighted by Gasteiger charge is -2.01. The lowest BCUT2D eigenvalue weighted by Crippen LogP contribution is -2.05. The van der Waals surface area contributed by atoms with Crippen LogP contribution < -0.4 is 5.73 Å². The largest absolute Gasteiger partial charge is 0.464 e. The number of nitrogens with zero attached hydrogens (tertiary/aromatic N) is 2. The van der Waals surface area contributed by atoms with Gasteiger partial charge in [0.25, 0.3) is 0 Å². The van der Waals surface area contributed by atoms with Gasteiger partial charge < -0.3 is 10.2 Å². The Bertz CT molecular complexity index is 587. The van der Waals surface area contributed by atoms with Crippen molar-refractivity contribution in [2.24, 2.45) is 5.92 Å². The van der Waals surface area contributed by atoms with Gasteiger partial charge in [-0.25, -0.2) is 4.68 Å². The van der Waals surface area contributed by atoms with E-state index in [1.807, 2.05) is 13.0 Å². The predicted molar refractivity (Wildman–Crippen MR) is 78.4 cm³/mol. The third-order valence-electron chi connectivity index (χ3n) is 3.55. The molecule has 2 N–H and O–H groups in total. The molecule has 96 valence electrons. The summed E-state index contributed by atoms with van der Waals surface area (Å²) in [5, 5.41) is 4.41. The van der Waals surface area contributed by atoms with Crippen molar-refractivity contribution in [3.05, 3.63) is 32.9 Å². The predicted octanol–water partition coefficient (Wildman–Crippen LogP) is 3.14. The van der Waals surface area contributed by atoms with Crippen LogP contribution in [0.15, 0.2) is 16.5 Å².